The van der Waals surface area contributed by atoms with Crippen molar-refractivity contribution in [2.45, 2.75) is 51.5 Å². The van der Waals surface area contributed by atoms with Gasteiger partial charge in [0.05, 0.1) is 22.9 Å². The van der Waals surface area contributed by atoms with Crippen LogP contribution in [0.15, 0.2) is 44.7 Å². The van der Waals surface area contributed by atoms with E-state index in [2.05, 4.69) is 20.8 Å². The van der Waals surface area contributed by atoms with Crippen molar-refractivity contribution < 1.29 is 12.9 Å². The van der Waals surface area contributed by atoms with Crippen LogP contribution in [-0.2, 0) is 29.2 Å². The van der Waals surface area contributed by atoms with E-state index in [1.54, 1.807) is 24.3 Å². The normalized spacial score (nSPS) is 12.2. The summed E-state index contributed by atoms with van der Waals surface area (Å²) in [7, 11) is -3.26. The van der Waals surface area contributed by atoms with E-state index in [0.29, 0.717) is 30.4 Å². The Hall–Kier alpha value is -2.35. The Morgan fingerprint density at radius 2 is 1.86 bits per heavy atom. The van der Waals surface area contributed by atoms with Crippen LogP contribution in [0.1, 0.15) is 44.2 Å². The third-order valence-corrected chi connectivity index (χ3v) is 6.15. The summed E-state index contributed by atoms with van der Waals surface area (Å²) < 4.78 is 30.0. The minimum absolute atomic E-state index is 0.0923. The van der Waals surface area contributed by atoms with Crippen molar-refractivity contribution in [3.63, 3.8) is 0 Å². The molecule has 0 atom stereocenters. The molecule has 0 saturated heterocycles. The lowest BCUT2D eigenvalue weighted by molar-refractivity contribution is 0.380. The molecule has 2 rings (SSSR count). The molecule has 0 spiro atoms. The second kappa shape index (κ2) is 10.8. The van der Waals surface area contributed by atoms with Gasteiger partial charge in [-0.25, -0.2) is 13.4 Å². The molecule has 0 bridgehead atoms. The van der Waals surface area contributed by atoms with Gasteiger partial charge in [-0.3, -0.25) is 0 Å². The number of nitrogens with zero attached hydrogens (tertiary/aromatic N) is 2. The summed E-state index contributed by atoms with van der Waals surface area (Å²) in [6.45, 7) is 7.78. The Labute approximate surface area is 167 Å². The Balaban J connectivity index is 1.92. The molecule has 1 heterocycles. The number of aliphatic imine (C=N–C) groups is 1. The summed E-state index contributed by atoms with van der Waals surface area (Å²) >= 11 is 0. The third-order valence-electron chi connectivity index (χ3n) is 4.33. The van der Waals surface area contributed by atoms with Gasteiger partial charge in [-0.1, -0.05) is 37.2 Å². The van der Waals surface area contributed by atoms with E-state index in [1.165, 1.54) is 0 Å². The quantitative estimate of drug-likeness (QED) is 0.358. The number of sulfone groups is 1. The SMILES string of the molecule is CCNC(=NCc1c(CC)noc1CC)NCCCS(=O)(=O)c1ccccc1. The zero-order valence-corrected chi connectivity index (χ0v) is 17.7. The predicted molar refractivity (Wildman–Crippen MR) is 111 cm³/mol. The molecule has 0 unspecified atom stereocenters. The zero-order valence-electron chi connectivity index (χ0n) is 16.9. The molecule has 8 heteroatoms. The third kappa shape index (κ3) is 6.09. The Morgan fingerprint density at radius 3 is 2.50 bits per heavy atom. The number of rotatable bonds is 10. The van der Waals surface area contributed by atoms with Crippen LogP contribution in [0.4, 0.5) is 0 Å². The first-order chi connectivity index (χ1) is 13.5. The molecule has 2 aromatic rings. The van der Waals surface area contributed by atoms with Crippen LogP contribution < -0.4 is 10.6 Å². The predicted octanol–water partition coefficient (Wildman–Crippen LogP) is 2.72. The maximum Gasteiger partial charge on any atom is 0.191 e. The van der Waals surface area contributed by atoms with Gasteiger partial charge in [0.2, 0.25) is 0 Å². The number of benzene rings is 1. The van der Waals surface area contributed by atoms with Gasteiger partial charge in [-0.2, -0.15) is 0 Å². The Morgan fingerprint density at radius 1 is 1.11 bits per heavy atom. The van der Waals surface area contributed by atoms with Crippen molar-refractivity contribution in [1.82, 2.24) is 15.8 Å². The highest BCUT2D eigenvalue weighted by molar-refractivity contribution is 7.91. The summed E-state index contributed by atoms with van der Waals surface area (Å²) in [6, 6.07) is 8.54. The molecule has 1 aromatic heterocycles. The van der Waals surface area contributed by atoms with E-state index in [9.17, 15) is 8.42 Å². The number of aryl methyl sites for hydroxylation is 2. The van der Waals surface area contributed by atoms with Crippen molar-refractivity contribution in [2.75, 3.05) is 18.8 Å². The lowest BCUT2D eigenvalue weighted by Gasteiger charge is -2.11. The fraction of sp³-hybridized carbons (Fsp3) is 0.500. The fourth-order valence-electron chi connectivity index (χ4n) is 2.83. The lowest BCUT2D eigenvalue weighted by atomic mass is 10.1. The molecule has 0 saturated carbocycles. The van der Waals surface area contributed by atoms with Gasteiger partial charge in [0.15, 0.2) is 15.8 Å². The monoisotopic (exact) mass is 406 g/mol. The molecule has 0 aliphatic carbocycles. The first-order valence-electron chi connectivity index (χ1n) is 9.78. The van der Waals surface area contributed by atoms with Gasteiger partial charge in [0.25, 0.3) is 0 Å². The van der Waals surface area contributed by atoms with Crippen LogP contribution in [0.25, 0.3) is 0 Å². The molecule has 1 aromatic carbocycles. The average Bonchev–Trinajstić information content (AvgIpc) is 3.12. The number of nitrogens with one attached hydrogen (secondary N) is 2. The van der Waals surface area contributed by atoms with Crippen LogP contribution in [0, 0.1) is 0 Å². The van der Waals surface area contributed by atoms with E-state index in [1.807, 2.05) is 26.8 Å². The van der Waals surface area contributed by atoms with Gasteiger partial charge in [0.1, 0.15) is 5.76 Å². The summed E-state index contributed by atoms with van der Waals surface area (Å²) in [4.78, 5) is 4.97. The average molecular weight is 407 g/mol. The molecule has 0 fully saturated rings. The number of hydrogen-bond acceptors (Lipinski definition) is 5. The summed E-state index contributed by atoms with van der Waals surface area (Å²) in [5.41, 5.74) is 1.97. The van der Waals surface area contributed by atoms with Crippen molar-refractivity contribution in [1.29, 1.82) is 0 Å². The van der Waals surface area contributed by atoms with Crippen LogP contribution in [-0.4, -0.2) is 38.4 Å². The van der Waals surface area contributed by atoms with Crippen LogP contribution in [0.3, 0.4) is 0 Å². The van der Waals surface area contributed by atoms with E-state index in [4.69, 9.17) is 4.52 Å². The maximum atomic E-state index is 12.3. The summed E-state index contributed by atoms with van der Waals surface area (Å²) in [5, 5.41) is 10.5. The molecule has 0 aliphatic rings. The maximum absolute atomic E-state index is 12.3. The molecule has 0 radical (unpaired) electrons. The van der Waals surface area contributed by atoms with Crippen molar-refractivity contribution >= 4 is 15.8 Å². The van der Waals surface area contributed by atoms with E-state index < -0.39 is 9.84 Å². The summed E-state index contributed by atoms with van der Waals surface area (Å²) in [5.74, 6) is 1.62. The molecular weight excluding hydrogens is 376 g/mol. The van der Waals surface area contributed by atoms with E-state index in [-0.39, 0.29) is 5.75 Å². The Kier molecular flexibility index (Phi) is 8.50. The topological polar surface area (TPSA) is 96.6 Å². The second-order valence-corrected chi connectivity index (χ2v) is 8.45. The molecule has 154 valence electrons. The van der Waals surface area contributed by atoms with Crippen molar-refractivity contribution in [3.05, 3.63) is 47.3 Å². The van der Waals surface area contributed by atoms with Crippen molar-refractivity contribution in [2.24, 2.45) is 4.99 Å². The van der Waals surface area contributed by atoms with Gasteiger partial charge in [-0.15, -0.1) is 0 Å². The van der Waals surface area contributed by atoms with Crippen LogP contribution >= 0.6 is 0 Å². The van der Waals surface area contributed by atoms with E-state index in [0.717, 1.165) is 36.4 Å². The van der Waals surface area contributed by atoms with Gasteiger partial charge in [0, 0.05) is 25.1 Å². The van der Waals surface area contributed by atoms with E-state index >= 15 is 0 Å². The Bertz CT molecular complexity index is 839. The highest BCUT2D eigenvalue weighted by Crippen LogP contribution is 2.16. The fourth-order valence-corrected chi connectivity index (χ4v) is 4.16. The number of guanidine groups is 1. The van der Waals surface area contributed by atoms with Crippen molar-refractivity contribution in [3.8, 4) is 0 Å². The van der Waals surface area contributed by atoms with Crippen LogP contribution in [0.5, 0.6) is 0 Å². The molecule has 2 N–H and O–H groups in total. The van der Waals surface area contributed by atoms with Gasteiger partial charge < -0.3 is 15.2 Å². The highest BCUT2D eigenvalue weighted by atomic mass is 32.2. The number of aromatic nitrogens is 1. The molecule has 28 heavy (non-hydrogen) atoms. The highest BCUT2D eigenvalue weighted by Gasteiger charge is 2.14. The van der Waals surface area contributed by atoms with Crippen LogP contribution in [0.2, 0.25) is 0 Å². The molecule has 7 nitrogen and oxygen atoms in total. The number of hydrogen-bond donors (Lipinski definition) is 2. The second-order valence-electron chi connectivity index (χ2n) is 6.35. The molecule has 0 aliphatic heterocycles. The minimum atomic E-state index is -3.26. The smallest absolute Gasteiger partial charge is 0.191 e. The lowest BCUT2D eigenvalue weighted by Crippen LogP contribution is -2.38. The zero-order chi connectivity index (χ0) is 20.4. The first-order valence-corrected chi connectivity index (χ1v) is 11.4. The first kappa shape index (κ1) is 21.9. The van der Waals surface area contributed by atoms with Gasteiger partial charge in [-0.05, 0) is 31.9 Å². The standard InChI is InChI=1S/C20H30N4O3S/c1-4-18-17(19(5-2)27-24-18)15-23-20(21-6-3)22-13-10-14-28(25,26)16-11-8-7-9-12-16/h7-9,11-12H,4-6,10,13-15H2,1-3H3,(H2,21,22,23). The molecular formula is C20H30N4O3S. The summed E-state index contributed by atoms with van der Waals surface area (Å²) in [6.07, 6.45) is 2.07. The molecule has 0 amide bonds. The minimum Gasteiger partial charge on any atom is -0.361 e. The largest absolute Gasteiger partial charge is 0.361 e. The van der Waals surface area contributed by atoms with Gasteiger partial charge >= 0.3 is 0 Å².